The van der Waals surface area contributed by atoms with Gasteiger partial charge in [0.25, 0.3) is 0 Å². The first kappa shape index (κ1) is 22.2. The summed E-state index contributed by atoms with van der Waals surface area (Å²) in [7, 11) is 2.81. The van der Waals surface area contributed by atoms with Crippen molar-refractivity contribution in [2.45, 2.75) is 31.9 Å². The van der Waals surface area contributed by atoms with E-state index in [4.69, 9.17) is 9.47 Å². The van der Waals surface area contributed by atoms with Crippen molar-refractivity contribution in [1.29, 1.82) is 0 Å². The van der Waals surface area contributed by atoms with E-state index in [9.17, 15) is 14.4 Å². The van der Waals surface area contributed by atoms with Gasteiger partial charge in [0.05, 0.1) is 11.5 Å². The number of hydrogen-bond donors (Lipinski definition) is 1. The van der Waals surface area contributed by atoms with Crippen molar-refractivity contribution in [3.63, 3.8) is 0 Å². The van der Waals surface area contributed by atoms with Crippen LogP contribution in [0.3, 0.4) is 0 Å². The molecule has 144 valence electrons. The van der Waals surface area contributed by atoms with Crippen molar-refractivity contribution in [2.75, 3.05) is 25.1 Å². The molecular formula is C18H25IN2O5. The summed E-state index contributed by atoms with van der Waals surface area (Å²) in [6.45, 7) is 0.679. The maximum absolute atomic E-state index is 12.2. The Morgan fingerprint density at radius 1 is 1.19 bits per heavy atom. The van der Waals surface area contributed by atoms with Crippen molar-refractivity contribution in [3.8, 4) is 0 Å². The molecule has 2 amide bonds. The molecule has 0 aliphatic rings. The third-order valence-corrected chi connectivity index (χ3v) is 4.47. The number of halogens is 1. The number of carbonyl (C=O) groups is 3. The largest absolute Gasteiger partial charge is 0.467 e. The number of ether oxygens (including phenoxy) is 2. The van der Waals surface area contributed by atoms with Crippen LogP contribution in [0, 0.1) is 0 Å². The molecule has 26 heavy (non-hydrogen) atoms. The molecule has 0 aliphatic heterocycles. The third-order valence-electron chi connectivity index (χ3n) is 3.78. The number of carbonyl (C=O) groups excluding carboxylic acids is 3. The smallest absolute Gasteiger partial charge is 0.410 e. The molecule has 1 aromatic carbocycles. The molecule has 1 N–H and O–H groups in total. The molecule has 0 bridgehead atoms. The lowest BCUT2D eigenvalue weighted by molar-refractivity contribution is -0.146. The maximum atomic E-state index is 12.2. The molecule has 0 saturated heterocycles. The monoisotopic (exact) mass is 476 g/mol. The maximum Gasteiger partial charge on any atom is 0.410 e. The lowest BCUT2D eigenvalue weighted by Gasteiger charge is -2.25. The standard InChI is InChI=1S/C18H25IN2O5/c1-21(18(24)26-13-14-8-4-3-5-9-14)15(17(23)25-2)10-6-7-11-20-16(22)12-19/h3-5,8-9,15H,6-7,10-13H2,1-2H3,(H,20,22). The summed E-state index contributed by atoms with van der Waals surface area (Å²) < 4.78 is 10.5. The van der Waals surface area contributed by atoms with Crippen molar-refractivity contribution >= 4 is 40.6 Å². The van der Waals surface area contributed by atoms with E-state index in [1.807, 2.05) is 52.9 Å². The summed E-state index contributed by atoms with van der Waals surface area (Å²) in [5, 5.41) is 2.77. The molecule has 8 heteroatoms. The average Bonchev–Trinajstić information content (AvgIpc) is 2.68. The summed E-state index contributed by atoms with van der Waals surface area (Å²) in [6, 6.07) is 8.60. The van der Waals surface area contributed by atoms with E-state index in [-0.39, 0.29) is 12.5 Å². The van der Waals surface area contributed by atoms with Crippen LogP contribution in [0.5, 0.6) is 0 Å². The van der Waals surface area contributed by atoms with Gasteiger partial charge >= 0.3 is 12.1 Å². The fraction of sp³-hybridized carbons (Fsp3) is 0.500. The molecule has 0 spiro atoms. The highest BCUT2D eigenvalue weighted by Gasteiger charge is 2.28. The van der Waals surface area contributed by atoms with Crippen molar-refractivity contribution in [1.82, 2.24) is 10.2 Å². The van der Waals surface area contributed by atoms with Gasteiger partial charge in [0.2, 0.25) is 5.91 Å². The van der Waals surface area contributed by atoms with Gasteiger partial charge in [-0.3, -0.25) is 9.69 Å². The van der Waals surface area contributed by atoms with Crippen LogP contribution in [-0.4, -0.2) is 54.0 Å². The first-order valence-electron chi connectivity index (χ1n) is 8.33. The van der Waals surface area contributed by atoms with E-state index in [0.717, 1.165) is 5.56 Å². The number of nitrogens with one attached hydrogen (secondary N) is 1. The molecule has 0 aliphatic carbocycles. The Bertz CT molecular complexity index is 582. The number of esters is 1. The van der Waals surface area contributed by atoms with E-state index >= 15 is 0 Å². The van der Waals surface area contributed by atoms with Crippen molar-refractivity contribution in [3.05, 3.63) is 35.9 Å². The minimum atomic E-state index is -0.719. The molecule has 1 unspecified atom stereocenters. The second kappa shape index (κ2) is 12.5. The van der Waals surface area contributed by atoms with Crippen LogP contribution in [0.25, 0.3) is 0 Å². The second-order valence-corrected chi connectivity index (χ2v) is 6.43. The number of amides is 2. The van der Waals surface area contributed by atoms with E-state index in [1.165, 1.54) is 19.1 Å². The Morgan fingerprint density at radius 2 is 1.88 bits per heavy atom. The molecule has 0 fully saturated rings. The Morgan fingerprint density at radius 3 is 2.50 bits per heavy atom. The Hall–Kier alpha value is -1.84. The molecule has 0 saturated carbocycles. The van der Waals surface area contributed by atoms with Crippen LogP contribution < -0.4 is 5.32 Å². The molecular weight excluding hydrogens is 451 g/mol. The van der Waals surface area contributed by atoms with Crippen LogP contribution in [-0.2, 0) is 25.7 Å². The second-order valence-electron chi connectivity index (χ2n) is 5.67. The van der Waals surface area contributed by atoms with Crippen LogP contribution >= 0.6 is 22.6 Å². The number of alkyl halides is 1. The van der Waals surface area contributed by atoms with E-state index in [2.05, 4.69) is 5.32 Å². The average molecular weight is 476 g/mol. The van der Waals surface area contributed by atoms with Gasteiger partial charge in [0.1, 0.15) is 12.6 Å². The Balaban J connectivity index is 2.48. The zero-order valence-corrected chi connectivity index (χ0v) is 17.2. The van der Waals surface area contributed by atoms with E-state index < -0.39 is 18.1 Å². The highest BCUT2D eigenvalue weighted by Crippen LogP contribution is 2.12. The van der Waals surface area contributed by atoms with Gasteiger partial charge < -0.3 is 14.8 Å². The predicted octanol–water partition coefficient (Wildman–Crippen LogP) is 2.52. The fourth-order valence-electron chi connectivity index (χ4n) is 2.29. The molecule has 0 heterocycles. The van der Waals surface area contributed by atoms with Gasteiger partial charge in [-0.05, 0) is 24.8 Å². The number of benzene rings is 1. The highest BCUT2D eigenvalue weighted by molar-refractivity contribution is 14.1. The number of unbranched alkanes of at least 4 members (excludes halogenated alkanes) is 1. The number of hydrogen-bond acceptors (Lipinski definition) is 5. The summed E-state index contributed by atoms with van der Waals surface area (Å²) >= 11 is 2.00. The lowest BCUT2D eigenvalue weighted by atomic mass is 10.1. The molecule has 0 aromatic heterocycles. The first-order chi connectivity index (χ1) is 12.5. The molecule has 1 rings (SSSR count). The normalized spacial score (nSPS) is 11.3. The van der Waals surface area contributed by atoms with Gasteiger partial charge in [-0.25, -0.2) is 9.59 Å². The van der Waals surface area contributed by atoms with Gasteiger partial charge in [0.15, 0.2) is 0 Å². The van der Waals surface area contributed by atoms with Crippen LogP contribution in [0.15, 0.2) is 30.3 Å². The first-order valence-corrected chi connectivity index (χ1v) is 9.86. The van der Waals surface area contributed by atoms with Crippen molar-refractivity contribution < 1.29 is 23.9 Å². The number of nitrogens with zero attached hydrogens (tertiary/aromatic N) is 1. The fourth-order valence-corrected chi connectivity index (χ4v) is 2.56. The summed E-state index contributed by atoms with van der Waals surface area (Å²) in [4.78, 5) is 36.7. The van der Waals surface area contributed by atoms with Crippen LogP contribution in [0.4, 0.5) is 4.79 Å². The predicted molar refractivity (Wildman–Crippen MR) is 106 cm³/mol. The van der Waals surface area contributed by atoms with Crippen molar-refractivity contribution in [2.24, 2.45) is 0 Å². The number of rotatable bonds is 10. The minimum absolute atomic E-state index is 0.0169. The Labute approximate surface area is 167 Å². The summed E-state index contributed by atoms with van der Waals surface area (Å²) in [6.07, 6.45) is 1.23. The lowest BCUT2D eigenvalue weighted by Crippen LogP contribution is -2.43. The molecule has 1 atom stereocenters. The summed E-state index contributed by atoms with van der Waals surface area (Å²) in [5.74, 6) is -0.503. The Kier molecular flexibility index (Phi) is 10.7. The molecule has 7 nitrogen and oxygen atoms in total. The SMILES string of the molecule is COC(=O)C(CCCCNC(=O)CI)N(C)C(=O)OCc1ccccc1. The van der Waals surface area contributed by atoms with Gasteiger partial charge in [-0.2, -0.15) is 0 Å². The van der Waals surface area contributed by atoms with Gasteiger partial charge in [0, 0.05) is 13.6 Å². The van der Waals surface area contributed by atoms with E-state index in [1.54, 1.807) is 0 Å². The van der Waals surface area contributed by atoms with Crippen LogP contribution in [0.1, 0.15) is 24.8 Å². The highest BCUT2D eigenvalue weighted by atomic mass is 127. The van der Waals surface area contributed by atoms with E-state index in [0.29, 0.717) is 30.2 Å². The summed E-state index contributed by atoms with van der Waals surface area (Å²) in [5.41, 5.74) is 0.870. The third kappa shape index (κ3) is 8.03. The minimum Gasteiger partial charge on any atom is -0.467 e. The number of likely N-dealkylation sites (N-methyl/N-ethyl adjacent to an activating group) is 1. The zero-order valence-electron chi connectivity index (χ0n) is 15.1. The zero-order chi connectivity index (χ0) is 19.4. The topological polar surface area (TPSA) is 84.9 Å². The molecule has 0 radical (unpaired) electrons. The van der Waals surface area contributed by atoms with Gasteiger partial charge in [-0.15, -0.1) is 0 Å². The number of methoxy groups -OCH3 is 1. The molecule has 1 aromatic rings. The quantitative estimate of drug-likeness (QED) is 0.243. The van der Waals surface area contributed by atoms with Crippen LogP contribution in [0.2, 0.25) is 0 Å². The van der Waals surface area contributed by atoms with Gasteiger partial charge in [-0.1, -0.05) is 52.9 Å².